The summed E-state index contributed by atoms with van der Waals surface area (Å²) >= 11 is 5.80. The predicted molar refractivity (Wildman–Crippen MR) is 69.0 cm³/mol. The molecule has 0 saturated carbocycles. The fraction of sp³-hybridized carbons (Fsp3) is 0.214. The maximum Gasteiger partial charge on any atom is 0.0793 e. The Morgan fingerprint density at radius 3 is 2.53 bits per heavy atom. The highest BCUT2D eigenvalue weighted by Crippen LogP contribution is 2.20. The van der Waals surface area contributed by atoms with Gasteiger partial charge < -0.3 is 5.11 Å². The summed E-state index contributed by atoms with van der Waals surface area (Å²) in [5.41, 5.74) is 1.89. The number of aliphatic hydroxyl groups excluding tert-OH is 1. The SMILES string of the molecule is OC(CCc1ccccn1)c1ccc(Cl)cc1. The molecule has 1 heterocycles. The summed E-state index contributed by atoms with van der Waals surface area (Å²) in [6.07, 6.45) is 2.74. The first kappa shape index (κ1) is 12.1. The number of aromatic nitrogens is 1. The Hall–Kier alpha value is -1.38. The molecule has 1 atom stereocenters. The van der Waals surface area contributed by atoms with Crippen LogP contribution < -0.4 is 0 Å². The van der Waals surface area contributed by atoms with E-state index in [1.165, 1.54) is 0 Å². The van der Waals surface area contributed by atoms with Gasteiger partial charge in [0.15, 0.2) is 0 Å². The van der Waals surface area contributed by atoms with Gasteiger partial charge >= 0.3 is 0 Å². The number of rotatable bonds is 4. The minimum Gasteiger partial charge on any atom is -0.388 e. The molecule has 0 saturated heterocycles. The van der Waals surface area contributed by atoms with E-state index in [4.69, 9.17) is 11.6 Å². The maximum absolute atomic E-state index is 10.0. The van der Waals surface area contributed by atoms with Crippen molar-refractivity contribution in [3.63, 3.8) is 0 Å². The normalized spacial score (nSPS) is 12.4. The van der Waals surface area contributed by atoms with Gasteiger partial charge in [-0.15, -0.1) is 0 Å². The third-order valence-electron chi connectivity index (χ3n) is 2.65. The van der Waals surface area contributed by atoms with Crippen molar-refractivity contribution >= 4 is 11.6 Å². The largest absolute Gasteiger partial charge is 0.388 e. The molecule has 0 spiro atoms. The zero-order valence-electron chi connectivity index (χ0n) is 9.38. The number of aliphatic hydroxyl groups is 1. The van der Waals surface area contributed by atoms with E-state index in [2.05, 4.69) is 4.98 Å². The van der Waals surface area contributed by atoms with Crippen LogP contribution >= 0.6 is 11.6 Å². The van der Waals surface area contributed by atoms with E-state index in [-0.39, 0.29) is 0 Å². The lowest BCUT2D eigenvalue weighted by atomic mass is 10.0. The van der Waals surface area contributed by atoms with Gasteiger partial charge in [0.25, 0.3) is 0 Å². The van der Waals surface area contributed by atoms with Gasteiger partial charge in [-0.05, 0) is 42.7 Å². The second-order valence-corrected chi connectivity index (χ2v) is 4.36. The Balaban J connectivity index is 1.93. The molecule has 2 aromatic rings. The Morgan fingerprint density at radius 1 is 1.12 bits per heavy atom. The van der Waals surface area contributed by atoms with Crippen molar-refractivity contribution in [2.45, 2.75) is 18.9 Å². The van der Waals surface area contributed by atoms with Crippen LogP contribution in [0.25, 0.3) is 0 Å². The molecule has 17 heavy (non-hydrogen) atoms. The summed E-state index contributed by atoms with van der Waals surface area (Å²) in [5, 5.41) is 10.7. The molecule has 0 bridgehead atoms. The minimum absolute atomic E-state index is 0.464. The van der Waals surface area contributed by atoms with Crippen molar-refractivity contribution in [3.8, 4) is 0 Å². The van der Waals surface area contributed by atoms with Gasteiger partial charge in [-0.25, -0.2) is 0 Å². The highest BCUT2D eigenvalue weighted by atomic mass is 35.5. The average molecular weight is 248 g/mol. The van der Waals surface area contributed by atoms with Crippen LogP contribution in [0, 0.1) is 0 Å². The minimum atomic E-state index is -0.464. The summed E-state index contributed by atoms with van der Waals surface area (Å²) in [4.78, 5) is 4.23. The van der Waals surface area contributed by atoms with E-state index in [0.29, 0.717) is 11.4 Å². The molecule has 0 aliphatic rings. The van der Waals surface area contributed by atoms with Crippen LogP contribution in [0.5, 0.6) is 0 Å². The molecule has 1 N–H and O–H groups in total. The smallest absolute Gasteiger partial charge is 0.0793 e. The first-order valence-electron chi connectivity index (χ1n) is 5.59. The van der Waals surface area contributed by atoms with Crippen molar-refractivity contribution < 1.29 is 5.11 Å². The summed E-state index contributed by atoms with van der Waals surface area (Å²) in [5.74, 6) is 0. The number of pyridine rings is 1. The summed E-state index contributed by atoms with van der Waals surface area (Å²) in [7, 11) is 0. The lowest BCUT2D eigenvalue weighted by Crippen LogP contribution is -2.00. The highest BCUT2D eigenvalue weighted by molar-refractivity contribution is 6.30. The molecule has 0 amide bonds. The maximum atomic E-state index is 10.0. The van der Waals surface area contributed by atoms with Crippen molar-refractivity contribution in [3.05, 3.63) is 64.9 Å². The van der Waals surface area contributed by atoms with Crippen molar-refractivity contribution in [1.82, 2.24) is 4.98 Å². The summed E-state index contributed by atoms with van der Waals surface area (Å²) in [6.45, 7) is 0. The molecule has 3 heteroatoms. The average Bonchev–Trinajstić information content (AvgIpc) is 2.38. The molecule has 1 unspecified atom stereocenters. The van der Waals surface area contributed by atoms with Crippen molar-refractivity contribution in [2.75, 3.05) is 0 Å². The second-order valence-electron chi connectivity index (χ2n) is 3.93. The molecule has 88 valence electrons. The van der Waals surface area contributed by atoms with Gasteiger partial charge in [0.2, 0.25) is 0 Å². The molecule has 0 aliphatic carbocycles. The van der Waals surface area contributed by atoms with Crippen LogP contribution in [0.1, 0.15) is 23.8 Å². The molecular formula is C14H14ClNO. The number of benzene rings is 1. The Morgan fingerprint density at radius 2 is 1.88 bits per heavy atom. The zero-order valence-corrected chi connectivity index (χ0v) is 10.1. The van der Waals surface area contributed by atoms with Crippen LogP contribution in [0.3, 0.4) is 0 Å². The third kappa shape index (κ3) is 3.55. The monoisotopic (exact) mass is 247 g/mol. The molecular weight excluding hydrogens is 234 g/mol. The van der Waals surface area contributed by atoms with E-state index in [1.807, 2.05) is 30.3 Å². The van der Waals surface area contributed by atoms with E-state index in [1.54, 1.807) is 18.3 Å². The van der Waals surface area contributed by atoms with Gasteiger partial charge in [0.05, 0.1) is 6.10 Å². The Kier molecular flexibility index (Phi) is 4.13. The number of hydrogen-bond donors (Lipinski definition) is 1. The number of hydrogen-bond acceptors (Lipinski definition) is 2. The van der Waals surface area contributed by atoms with Crippen molar-refractivity contribution in [2.24, 2.45) is 0 Å². The quantitative estimate of drug-likeness (QED) is 0.898. The van der Waals surface area contributed by atoms with Gasteiger partial charge in [0, 0.05) is 16.9 Å². The highest BCUT2D eigenvalue weighted by Gasteiger charge is 2.07. The molecule has 0 aliphatic heterocycles. The van der Waals surface area contributed by atoms with E-state index < -0.39 is 6.10 Å². The first-order valence-corrected chi connectivity index (χ1v) is 5.97. The van der Waals surface area contributed by atoms with E-state index in [0.717, 1.165) is 17.7 Å². The number of aryl methyl sites for hydroxylation is 1. The van der Waals surface area contributed by atoms with Gasteiger partial charge in [-0.1, -0.05) is 29.8 Å². The van der Waals surface area contributed by atoms with Crippen molar-refractivity contribution in [1.29, 1.82) is 0 Å². The predicted octanol–water partition coefficient (Wildman–Crippen LogP) is 3.40. The fourth-order valence-electron chi connectivity index (χ4n) is 1.68. The Labute approximate surface area is 106 Å². The Bertz CT molecular complexity index is 455. The van der Waals surface area contributed by atoms with Gasteiger partial charge in [0.1, 0.15) is 0 Å². The lowest BCUT2D eigenvalue weighted by molar-refractivity contribution is 0.167. The van der Waals surface area contributed by atoms with Crippen LogP contribution in [-0.2, 0) is 6.42 Å². The van der Waals surface area contributed by atoms with Crippen LogP contribution in [0.4, 0.5) is 0 Å². The third-order valence-corrected chi connectivity index (χ3v) is 2.91. The van der Waals surface area contributed by atoms with Crippen LogP contribution in [0.15, 0.2) is 48.7 Å². The topological polar surface area (TPSA) is 33.1 Å². The molecule has 2 rings (SSSR count). The molecule has 2 nitrogen and oxygen atoms in total. The standard InChI is InChI=1S/C14H14ClNO/c15-12-6-4-11(5-7-12)14(17)9-8-13-3-1-2-10-16-13/h1-7,10,14,17H,8-9H2. The molecule has 1 aromatic heterocycles. The van der Waals surface area contributed by atoms with E-state index in [9.17, 15) is 5.11 Å². The number of nitrogens with zero attached hydrogens (tertiary/aromatic N) is 1. The molecule has 0 radical (unpaired) electrons. The van der Waals surface area contributed by atoms with Gasteiger partial charge in [-0.2, -0.15) is 0 Å². The van der Waals surface area contributed by atoms with Crippen LogP contribution in [-0.4, -0.2) is 10.1 Å². The lowest BCUT2D eigenvalue weighted by Gasteiger charge is -2.10. The first-order chi connectivity index (χ1) is 8.25. The molecule has 1 aromatic carbocycles. The molecule has 0 fully saturated rings. The summed E-state index contributed by atoms with van der Waals surface area (Å²) < 4.78 is 0. The zero-order chi connectivity index (χ0) is 12.1. The second kappa shape index (κ2) is 5.80. The summed E-state index contributed by atoms with van der Waals surface area (Å²) in [6, 6.07) is 13.1. The fourth-order valence-corrected chi connectivity index (χ4v) is 1.81. The van der Waals surface area contributed by atoms with E-state index >= 15 is 0 Å². The van der Waals surface area contributed by atoms with Gasteiger partial charge in [-0.3, -0.25) is 4.98 Å². The van der Waals surface area contributed by atoms with Crippen LogP contribution in [0.2, 0.25) is 5.02 Å². The number of halogens is 1.